The van der Waals surface area contributed by atoms with Gasteiger partial charge in [-0.3, -0.25) is 4.79 Å². The number of aliphatic carboxylic acids is 1. The third-order valence-electron chi connectivity index (χ3n) is 4.11. The molecule has 1 heterocycles. The average molecular weight is 298 g/mol. The maximum atomic E-state index is 11.1. The first-order valence-electron chi connectivity index (χ1n) is 7.28. The lowest BCUT2D eigenvalue weighted by molar-refractivity contribution is -0.138. The molecule has 0 saturated carbocycles. The van der Waals surface area contributed by atoms with Crippen LogP contribution in [0.3, 0.4) is 0 Å². The molecule has 0 spiro atoms. The third kappa shape index (κ3) is 2.57. The Morgan fingerprint density at radius 3 is 2.68 bits per heavy atom. The zero-order valence-electron chi connectivity index (χ0n) is 12.5. The van der Waals surface area contributed by atoms with E-state index in [0.717, 1.165) is 16.9 Å². The first-order valence-corrected chi connectivity index (χ1v) is 7.28. The second-order valence-corrected chi connectivity index (χ2v) is 5.79. The molecule has 4 nitrogen and oxygen atoms in total. The Balaban J connectivity index is 2.04. The van der Waals surface area contributed by atoms with E-state index in [2.05, 4.69) is 0 Å². The van der Waals surface area contributed by atoms with Gasteiger partial charge in [0.15, 0.2) is 0 Å². The smallest absolute Gasteiger partial charge is 0.310 e. The molecule has 0 amide bonds. The number of benzene rings is 2. The number of hydrogen-bond donors (Lipinski definition) is 2. The monoisotopic (exact) mass is 298 g/mol. The van der Waals surface area contributed by atoms with Gasteiger partial charge in [-0.1, -0.05) is 23.8 Å². The summed E-state index contributed by atoms with van der Waals surface area (Å²) in [4.78, 5) is 11.1. The third-order valence-corrected chi connectivity index (χ3v) is 4.11. The highest BCUT2D eigenvalue weighted by molar-refractivity contribution is 5.75. The van der Waals surface area contributed by atoms with Crippen molar-refractivity contribution in [2.75, 3.05) is 0 Å². The molecule has 0 aliphatic carbocycles. The fourth-order valence-corrected chi connectivity index (χ4v) is 2.74. The summed E-state index contributed by atoms with van der Waals surface area (Å²) in [5, 5.41) is 19.6. The Labute approximate surface area is 129 Å². The summed E-state index contributed by atoms with van der Waals surface area (Å²) in [6.07, 6.45) is -0.256. The number of carbonyl (C=O) groups is 1. The lowest BCUT2D eigenvalue weighted by Gasteiger charge is -2.14. The van der Waals surface area contributed by atoms with Gasteiger partial charge in [0.25, 0.3) is 0 Å². The molecule has 1 aliphatic heterocycles. The number of hydrogen-bond acceptors (Lipinski definition) is 3. The summed E-state index contributed by atoms with van der Waals surface area (Å²) in [7, 11) is 0. The van der Waals surface area contributed by atoms with E-state index in [-0.39, 0.29) is 0 Å². The van der Waals surface area contributed by atoms with Crippen LogP contribution < -0.4 is 4.74 Å². The molecule has 1 aliphatic rings. The predicted octanol–water partition coefficient (Wildman–Crippen LogP) is 3.56. The highest BCUT2D eigenvalue weighted by atomic mass is 16.5. The van der Waals surface area contributed by atoms with Gasteiger partial charge in [0, 0.05) is 12.0 Å². The summed E-state index contributed by atoms with van der Waals surface area (Å²) in [5.41, 5.74) is 3.37. The van der Waals surface area contributed by atoms with Gasteiger partial charge in [-0.05, 0) is 43.2 Å². The molecule has 114 valence electrons. The van der Waals surface area contributed by atoms with Gasteiger partial charge < -0.3 is 14.9 Å². The predicted molar refractivity (Wildman–Crippen MR) is 82.4 cm³/mol. The number of aliphatic hydroxyl groups excluding tert-OH is 1. The zero-order chi connectivity index (χ0) is 15.9. The van der Waals surface area contributed by atoms with Crippen molar-refractivity contribution in [2.45, 2.75) is 32.3 Å². The standard InChI is InChI=1S/C18H18O4/c1-10-3-5-16-13(7-10)9-15(19)14-8-12(11(2)18(20)21)4-6-17(14)22-16/h3-8,11,15,19H,9H2,1-2H3,(H,20,21). The molecule has 2 unspecified atom stereocenters. The summed E-state index contributed by atoms with van der Waals surface area (Å²) < 4.78 is 5.92. The number of carboxylic acid groups (broad SMARTS) is 1. The molecule has 4 heteroatoms. The van der Waals surface area contributed by atoms with Gasteiger partial charge in [-0.15, -0.1) is 0 Å². The van der Waals surface area contributed by atoms with E-state index in [4.69, 9.17) is 9.84 Å². The average Bonchev–Trinajstić information content (AvgIpc) is 2.62. The van der Waals surface area contributed by atoms with Crippen LogP contribution in [0.2, 0.25) is 0 Å². The van der Waals surface area contributed by atoms with Crippen LogP contribution in [-0.4, -0.2) is 16.2 Å². The second-order valence-electron chi connectivity index (χ2n) is 5.79. The molecule has 0 aromatic heterocycles. The van der Waals surface area contributed by atoms with Gasteiger partial charge in [-0.25, -0.2) is 0 Å². The highest BCUT2D eigenvalue weighted by Gasteiger charge is 2.24. The van der Waals surface area contributed by atoms with Gasteiger partial charge in [0.2, 0.25) is 0 Å². The summed E-state index contributed by atoms with van der Waals surface area (Å²) in [6.45, 7) is 3.63. The van der Waals surface area contributed by atoms with Gasteiger partial charge >= 0.3 is 5.97 Å². The Morgan fingerprint density at radius 2 is 1.95 bits per heavy atom. The van der Waals surface area contributed by atoms with E-state index < -0.39 is 18.0 Å². The molecule has 0 fully saturated rings. The van der Waals surface area contributed by atoms with Crippen molar-refractivity contribution in [2.24, 2.45) is 0 Å². The maximum Gasteiger partial charge on any atom is 0.310 e. The van der Waals surface area contributed by atoms with Gasteiger partial charge in [-0.2, -0.15) is 0 Å². The van der Waals surface area contributed by atoms with Crippen LogP contribution in [0.5, 0.6) is 11.5 Å². The van der Waals surface area contributed by atoms with Crippen molar-refractivity contribution in [3.63, 3.8) is 0 Å². The topological polar surface area (TPSA) is 66.8 Å². The van der Waals surface area contributed by atoms with E-state index in [0.29, 0.717) is 23.3 Å². The molecule has 22 heavy (non-hydrogen) atoms. The number of aliphatic hydroxyl groups is 1. The Bertz CT molecular complexity index is 736. The van der Waals surface area contributed by atoms with E-state index in [1.807, 2.05) is 25.1 Å². The number of ether oxygens (including phenoxy) is 1. The second kappa shape index (κ2) is 5.46. The Hall–Kier alpha value is -2.33. The van der Waals surface area contributed by atoms with Crippen LogP contribution in [0.4, 0.5) is 0 Å². The van der Waals surface area contributed by atoms with Crippen molar-refractivity contribution >= 4 is 5.97 Å². The number of aryl methyl sites for hydroxylation is 1. The molecule has 2 N–H and O–H groups in total. The zero-order valence-corrected chi connectivity index (χ0v) is 12.5. The molecule has 2 aromatic carbocycles. The normalized spacial score (nSPS) is 17.7. The van der Waals surface area contributed by atoms with Crippen molar-refractivity contribution in [1.29, 1.82) is 0 Å². The molecule has 0 bridgehead atoms. The van der Waals surface area contributed by atoms with Crippen LogP contribution in [0.25, 0.3) is 0 Å². The fraction of sp³-hybridized carbons (Fsp3) is 0.278. The summed E-state index contributed by atoms with van der Waals surface area (Å²) in [6, 6.07) is 11.1. The fourth-order valence-electron chi connectivity index (χ4n) is 2.74. The first-order chi connectivity index (χ1) is 10.5. The Morgan fingerprint density at radius 1 is 1.23 bits per heavy atom. The van der Waals surface area contributed by atoms with E-state index >= 15 is 0 Å². The summed E-state index contributed by atoms with van der Waals surface area (Å²) in [5.74, 6) is -0.188. The first kappa shape index (κ1) is 14.6. The quantitative estimate of drug-likeness (QED) is 0.889. The number of carboxylic acids is 1. The molecular formula is C18H18O4. The lowest BCUT2D eigenvalue weighted by Crippen LogP contribution is -2.09. The van der Waals surface area contributed by atoms with Gasteiger partial charge in [0.05, 0.1) is 12.0 Å². The molecule has 3 rings (SSSR count). The lowest BCUT2D eigenvalue weighted by atomic mass is 9.94. The largest absolute Gasteiger partial charge is 0.481 e. The number of rotatable bonds is 2. The van der Waals surface area contributed by atoms with Gasteiger partial charge in [0.1, 0.15) is 11.5 Å². The maximum absolute atomic E-state index is 11.1. The van der Waals surface area contributed by atoms with Crippen LogP contribution in [-0.2, 0) is 11.2 Å². The van der Waals surface area contributed by atoms with Crippen LogP contribution in [0, 0.1) is 6.92 Å². The summed E-state index contributed by atoms with van der Waals surface area (Å²) >= 11 is 0. The molecule has 0 saturated heterocycles. The minimum atomic E-state index is -0.886. The van der Waals surface area contributed by atoms with Crippen molar-refractivity contribution < 1.29 is 19.7 Å². The minimum Gasteiger partial charge on any atom is -0.481 e. The minimum absolute atomic E-state index is 0.453. The van der Waals surface area contributed by atoms with Crippen LogP contribution in [0.1, 0.15) is 41.2 Å². The Kier molecular flexibility index (Phi) is 3.62. The molecule has 2 aromatic rings. The molecular weight excluding hydrogens is 280 g/mol. The highest BCUT2D eigenvalue weighted by Crippen LogP contribution is 2.39. The van der Waals surface area contributed by atoms with Crippen molar-refractivity contribution in [1.82, 2.24) is 0 Å². The van der Waals surface area contributed by atoms with E-state index in [9.17, 15) is 9.90 Å². The van der Waals surface area contributed by atoms with Crippen molar-refractivity contribution in [3.8, 4) is 11.5 Å². The SMILES string of the molecule is Cc1ccc2c(c1)CC(O)c1cc(C(C)C(=O)O)ccc1O2. The van der Waals surface area contributed by atoms with Crippen LogP contribution >= 0.6 is 0 Å². The van der Waals surface area contributed by atoms with E-state index in [1.165, 1.54) is 0 Å². The van der Waals surface area contributed by atoms with Crippen LogP contribution in [0.15, 0.2) is 36.4 Å². The molecule has 2 atom stereocenters. The van der Waals surface area contributed by atoms with E-state index in [1.54, 1.807) is 25.1 Å². The van der Waals surface area contributed by atoms with Crippen molar-refractivity contribution in [3.05, 3.63) is 58.7 Å². The number of fused-ring (bicyclic) bond motifs is 2. The molecule has 0 radical (unpaired) electrons.